The molecule has 0 aliphatic carbocycles. The van der Waals surface area contributed by atoms with E-state index in [1.165, 1.54) is 18.0 Å². The SMILES string of the molecule is CC(=O)N(CC(=O)O)C1CCCN(C(=O)c2cnn3ccc(C)nc23)CC1. The van der Waals surface area contributed by atoms with Gasteiger partial charge in [0.2, 0.25) is 5.91 Å². The Bertz CT molecular complexity index is 878. The zero-order valence-corrected chi connectivity index (χ0v) is 15.5. The predicted octanol–water partition coefficient (Wildman–Crippen LogP) is 0.966. The Morgan fingerprint density at radius 2 is 2.07 bits per heavy atom. The molecule has 9 heteroatoms. The largest absolute Gasteiger partial charge is 0.480 e. The van der Waals surface area contributed by atoms with Crippen LogP contribution in [0.4, 0.5) is 0 Å². The fourth-order valence-corrected chi connectivity index (χ4v) is 3.52. The number of carbonyl (C=O) groups is 3. The van der Waals surface area contributed by atoms with Gasteiger partial charge in [-0.1, -0.05) is 0 Å². The first-order valence-electron chi connectivity index (χ1n) is 8.96. The van der Waals surface area contributed by atoms with Gasteiger partial charge in [-0.3, -0.25) is 14.4 Å². The molecular weight excluding hydrogens is 350 g/mol. The molecule has 1 aliphatic heterocycles. The lowest BCUT2D eigenvalue weighted by molar-refractivity contribution is -0.145. The Balaban J connectivity index is 1.75. The van der Waals surface area contributed by atoms with Gasteiger partial charge in [0.05, 0.1) is 6.20 Å². The van der Waals surface area contributed by atoms with Crippen molar-refractivity contribution in [1.29, 1.82) is 0 Å². The minimum atomic E-state index is -1.03. The lowest BCUT2D eigenvalue weighted by atomic mass is 10.1. The molecular formula is C18H23N5O4. The summed E-state index contributed by atoms with van der Waals surface area (Å²) in [4.78, 5) is 43.4. The smallest absolute Gasteiger partial charge is 0.323 e. The molecule has 2 aromatic heterocycles. The Hall–Kier alpha value is -2.97. The fraction of sp³-hybridized carbons (Fsp3) is 0.500. The topological polar surface area (TPSA) is 108 Å². The first kappa shape index (κ1) is 18.8. The second kappa shape index (κ2) is 7.73. The number of fused-ring (bicyclic) bond motifs is 1. The van der Waals surface area contributed by atoms with E-state index >= 15 is 0 Å². The van der Waals surface area contributed by atoms with E-state index in [9.17, 15) is 14.4 Å². The minimum Gasteiger partial charge on any atom is -0.480 e. The summed E-state index contributed by atoms with van der Waals surface area (Å²) < 4.78 is 1.57. The van der Waals surface area contributed by atoms with Crippen LogP contribution >= 0.6 is 0 Å². The van der Waals surface area contributed by atoms with E-state index < -0.39 is 5.97 Å². The maximum Gasteiger partial charge on any atom is 0.323 e. The predicted molar refractivity (Wildman–Crippen MR) is 96.3 cm³/mol. The number of nitrogens with zero attached hydrogens (tertiary/aromatic N) is 5. The van der Waals surface area contributed by atoms with Gasteiger partial charge in [-0.05, 0) is 32.3 Å². The molecule has 3 rings (SSSR count). The highest BCUT2D eigenvalue weighted by atomic mass is 16.4. The number of carboxylic acids is 1. The van der Waals surface area contributed by atoms with Crippen molar-refractivity contribution in [2.24, 2.45) is 0 Å². The van der Waals surface area contributed by atoms with Gasteiger partial charge in [0, 0.05) is 37.9 Å². The van der Waals surface area contributed by atoms with Crippen LogP contribution in [0.1, 0.15) is 42.2 Å². The van der Waals surface area contributed by atoms with Crippen LogP contribution < -0.4 is 0 Å². The lowest BCUT2D eigenvalue weighted by Crippen LogP contribution is -2.43. The number of aliphatic carboxylic acids is 1. The third-order valence-electron chi connectivity index (χ3n) is 4.87. The summed E-state index contributed by atoms with van der Waals surface area (Å²) in [5.74, 6) is -1.43. The maximum absolute atomic E-state index is 13.0. The Kier molecular flexibility index (Phi) is 5.38. The molecule has 27 heavy (non-hydrogen) atoms. The van der Waals surface area contributed by atoms with Crippen LogP contribution in [0.3, 0.4) is 0 Å². The van der Waals surface area contributed by atoms with Gasteiger partial charge in [0.25, 0.3) is 5.91 Å². The van der Waals surface area contributed by atoms with Crippen molar-refractivity contribution in [2.45, 2.75) is 39.2 Å². The summed E-state index contributed by atoms with van der Waals surface area (Å²) in [6.45, 7) is 3.93. The zero-order valence-electron chi connectivity index (χ0n) is 15.5. The third kappa shape index (κ3) is 4.07. The summed E-state index contributed by atoms with van der Waals surface area (Å²) in [6.07, 6.45) is 5.21. The molecule has 1 atom stereocenters. The van der Waals surface area contributed by atoms with Gasteiger partial charge in [-0.15, -0.1) is 0 Å². The first-order valence-corrected chi connectivity index (χ1v) is 8.96. The molecule has 1 aliphatic rings. The summed E-state index contributed by atoms with van der Waals surface area (Å²) in [5.41, 5.74) is 1.78. The highest BCUT2D eigenvalue weighted by molar-refractivity contribution is 5.99. The molecule has 1 fully saturated rings. The van der Waals surface area contributed by atoms with Gasteiger partial charge in [0.1, 0.15) is 12.1 Å². The first-order chi connectivity index (χ1) is 12.9. The van der Waals surface area contributed by atoms with E-state index in [2.05, 4.69) is 10.1 Å². The van der Waals surface area contributed by atoms with Gasteiger partial charge in [-0.25, -0.2) is 9.50 Å². The van der Waals surface area contributed by atoms with Crippen LogP contribution in [-0.4, -0.2) is 73.0 Å². The number of rotatable bonds is 4. The number of likely N-dealkylation sites (tertiary alicyclic amines) is 1. The van der Waals surface area contributed by atoms with E-state index in [0.29, 0.717) is 43.6 Å². The van der Waals surface area contributed by atoms with Crippen LogP contribution in [-0.2, 0) is 9.59 Å². The average Bonchev–Trinajstić information content (AvgIpc) is 2.87. The van der Waals surface area contributed by atoms with Crippen LogP contribution in [0.2, 0.25) is 0 Å². The summed E-state index contributed by atoms with van der Waals surface area (Å²) in [7, 11) is 0. The van der Waals surface area contributed by atoms with Gasteiger partial charge < -0.3 is 14.9 Å². The van der Waals surface area contributed by atoms with E-state index in [1.54, 1.807) is 15.6 Å². The maximum atomic E-state index is 13.0. The lowest BCUT2D eigenvalue weighted by Gasteiger charge is -2.28. The zero-order chi connectivity index (χ0) is 19.6. The van der Waals surface area contributed by atoms with Crippen molar-refractivity contribution in [3.8, 4) is 0 Å². The van der Waals surface area contributed by atoms with Gasteiger partial charge in [0.15, 0.2) is 5.65 Å². The van der Waals surface area contributed by atoms with Crippen molar-refractivity contribution in [1.82, 2.24) is 24.4 Å². The molecule has 2 amide bonds. The Labute approximate surface area is 156 Å². The highest BCUT2D eigenvalue weighted by Crippen LogP contribution is 2.20. The summed E-state index contributed by atoms with van der Waals surface area (Å²) >= 11 is 0. The molecule has 1 N–H and O–H groups in total. The normalized spacial score (nSPS) is 17.6. The summed E-state index contributed by atoms with van der Waals surface area (Å²) in [5, 5.41) is 13.2. The highest BCUT2D eigenvalue weighted by Gasteiger charge is 2.29. The van der Waals surface area contributed by atoms with Gasteiger partial charge >= 0.3 is 5.97 Å². The molecule has 0 bridgehead atoms. The van der Waals surface area contributed by atoms with E-state index in [-0.39, 0.29) is 24.4 Å². The number of hydrogen-bond donors (Lipinski definition) is 1. The van der Waals surface area contributed by atoms with Crippen LogP contribution in [0.25, 0.3) is 5.65 Å². The van der Waals surface area contributed by atoms with Crippen molar-refractivity contribution in [3.63, 3.8) is 0 Å². The van der Waals surface area contributed by atoms with E-state index in [0.717, 1.165) is 5.69 Å². The Morgan fingerprint density at radius 3 is 2.78 bits per heavy atom. The second-order valence-electron chi connectivity index (χ2n) is 6.81. The van der Waals surface area contributed by atoms with Crippen molar-refractivity contribution >= 4 is 23.4 Å². The fourth-order valence-electron chi connectivity index (χ4n) is 3.52. The second-order valence-corrected chi connectivity index (χ2v) is 6.81. The van der Waals surface area contributed by atoms with Crippen molar-refractivity contribution in [2.75, 3.05) is 19.6 Å². The molecule has 0 radical (unpaired) electrons. The number of carbonyl (C=O) groups excluding carboxylic acids is 2. The molecule has 3 heterocycles. The number of hydrogen-bond acceptors (Lipinski definition) is 5. The molecule has 1 unspecified atom stereocenters. The molecule has 0 saturated carbocycles. The Morgan fingerprint density at radius 1 is 1.30 bits per heavy atom. The third-order valence-corrected chi connectivity index (χ3v) is 4.87. The average molecular weight is 373 g/mol. The number of carboxylic acid groups (broad SMARTS) is 1. The van der Waals surface area contributed by atoms with Crippen LogP contribution in [0.5, 0.6) is 0 Å². The quantitative estimate of drug-likeness (QED) is 0.855. The van der Waals surface area contributed by atoms with Crippen LogP contribution in [0.15, 0.2) is 18.5 Å². The van der Waals surface area contributed by atoms with Crippen molar-refractivity contribution < 1.29 is 19.5 Å². The molecule has 0 spiro atoms. The molecule has 0 aromatic carbocycles. The minimum absolute atomic E-state index is 0.142. The molecule has 144 valence electrons. The molecule has 1 saturated heterocycles. The van der Waals surface area contributed by atoms with Crippen molar-refractivity contribution in [3.05, 3.63) is 29.7 Å². The monoisotopic (exact) mass is 373 g/mol. The number of aromatic nitrogens is 3. The standard InChI is InChI=1S/C18H23N5O4/c1-12-5-9-23-17(20-12)15(10-19-23)18(27)21-7-3-4-14(6-8-21)22(13(2)24)11-16(25)26/h5,9-10,14H,3-4,6-8,11H2,1-2H3,(H,25,26). The van der Waals surface area contributed by atoms with Gasteiger partial charge in [-0.2, -0.15) is 5.10 Å². The number of aryl methyl sites for hydroxylation is 1. The van der Waals surface area contributed by atoms with E-state index in [1.807, 2.05) is 13.0 Å². The summed E-state index contributed by atoms with van der Waals surface area (Å²) in [6, 6.07) is 1.64. The number of amides is 2. The van der Waals surface area contributed by atoms with E-state index in [4.69, 9.17) is 5.11 Å². The molecule has 2 aromatic rings. The molecule has 9 nitrogen and oxygen atoms in total. The van der Waals surface area contributed by atoms with Crippen LogP contribution in [0, 0.1) is 6.92 Å².